The number of hydrogen-bond donors (Lipinski definition) is 0. The fraction of sp³-hybridized carbons (Fsp3) is 0.333. The molecule has 1 fully saturated rings. The number of benzene rings is 1. The monoisotopic (exact) mass is 291 g/mol. The summed E-state index contributed by atoms with van der Waals surface area (Å²) in [5.74, 6) is 1.12. The maximum absolute atomic E-state index is 13.7. The molecule has 0 radical (unpaired) electrons. The van der Waals surface area contributed by atoms with Crippen LogP contribution >= 0.6 is 12.2 Å². The van der Waals surface area contributed by atoms with Crippen molar-refractivity contribution in [3.8, 4) is 5.75 Å². The molecule has 20 heavy (non-hydrogen) atoms. The maximum atomic E-state index is 13.7. The van der Waals surface area contributed by atoms with Gasteiger partial charge in [-0.3, -0.25) is 0 Å². The van der Waals surface area contributed by atoms with Gasteiger partial charge in [-0.1, -0.05) is 23.4 Å². The summed E-state index contributed by atoms with van der Waals surface area (Å²) in [6, 6.07) is 3.05. The standard InChI is InChI=1S/C15H14FNO2S/c1-8-10(5-6-12(16)13(8)18-2)15(20)11-7-17-19-14(11)9-3-4-9/h5-7,9H,3-4H2,1-2H3. The first-order chi connectivity index (χ1) is 9.63. The van der Waals surface area contributed by atoms with Gasteiger partial charge in [0.25, 0.3) is 0 Å². The molecule has 0 bridgehead atoms. The molecule has 1 heterocycles. The number of ether oxygens (including phenoxy) is 1. The van der Waals surface area contributed by atoms with E-state index >= 15 is 0 Å². The highest BCUT2D eigenvalue weighted by Crippen LogP contribution is 2.42. The Kier molecular flexibility index (Phi) is 3.30. The van der Waals surface area contributed by atoms with E-state index in [9.17, 15) is 4.39 Å². The third kappa shape index (κ3) is 2.12. The van der Waals surface area contributed by atoms with Crippen molar-refractivity contribution in [2.24, 2.45) is 0 Å². The minimum atomic E-state index is -0.385. The summed E-state index contributed by atoms with van der Waals surface area (Å²) in [4.78, 5) is 0.629. The van der Waals surface area contributed by atoms with Crippen LogP contribution in [0.4, 0.5) is 4.39 Å². The third-order valence-corrected chi connectivity index (χ3v) is 4.04. The van der Waals surface area contributed by atoms with Gasteiger partial charge in [0.15, 0.2) is 11.6 Å². The van der Waals surface area contributed by atoms with Crippen molar-refractivity contribution in [2.45, 2.75) is 25.7 Å². The number of aromatic nitrogens is 1. The van der Waals surface area contributed by atoms with Crippen molar-refractivity contribution in [1.82, 2.24) is 5.16 Å². The van der Waals surface area contributed by atoms with Gasteiger partial charge in [-0.05, 0) is 25.8 Å². The van der Waals surface area contributed by atoms with E-state index in [1.807, 2.05) is 0 Å². The van der Waals surface area contributed by atoms with Crippen molar-refractivity contribution in [3.05, 3.63) is 46.6 Å². The minimum Gasteiger partial charge on any atom is -0.493 e. The normalized spacial score (nSPS) is 14.3. The van der Waals surface area contributed by atoms with E-state index in [0.29, 0.717) is 16.3 Å². The zero-order chi connectivity index (χ0) is 14.3. The van der Waals surface area contributed by atoms with Gasteiger partial charge in [-0.25, -0.2) is 4.39 Å². The van der Waals surface area contributed by atoms with Gasteiger partial charge >= 0.3 is 0 Å². The molecule has 0 spiro atoms. The summed E-state index contributed by atoms with van der Waals surface area (Å²) < 4.78 is 24.1. The largest absolute Gasteiger partial charge is 0.493 e. The van der Waals surface area contributed by atoms with Crippen LogP contribution in [0.15, 0.2) is 22.9 Å². The van der Waals surface area contributed by atoms with Crippen molar-refractivity contribution < 1.29 is 13.7 Å². The second kappa shape index (κ2) is 4.98. The smallest absolute Gasteiger partial charge is 0.165 e. The summed E-state index contributed by atoms with van der Waals surface area (Å²) in [5, 5.41) is 3.85. The van der Waals surface area contributed by atoms with Crippen LogP contribution in [0.1, 0.15) is 41.2 Å². The lowest BCUT2D eigenvalue weighted by molar-refractivity contribution is 0.383. The molecule has 1 aromatic carbocycles. The van der Waals surface area contributed by atoms with Crippen LogP contribution in [0.3, 0.4) is 0 Å². The Balaban J connectivity index is 2.04. The van der Waals surface area contributed by atoms with Crippen molar-refractivity contribution in [2.75, 3.05) is 7.11 Å². The van der Waals surface area contributed by atoms with Gasteiger partial charge in [0, 0.05) is 17.0 Å². The van der Waals surface area contributed by atoms with Gasteiger partial charge in [0.05, 0.1) is 23.7 Å². The van der Waals surface area contributed by atoms with E-state index in [1.165, 1.54) is 13.2 Å². The van der Waals surface area contributed by atoms with Crippen LogP contribution in [0.25, 0.3) is 0 Å². The molecule has 1 aromatic heterocycles. The van der Waals surface area contributed by atoms with E-state index in [-0.39, 0.29) is 11.6 Å². The molecule has 104 valence electrons. The molecule has 0 saturated heterocycles. The van der Waals surface area contributed by atoms with Crippen LogP contribution < -0.4 is 4.74 Å². The number of methoxy groups -OCH3 is 1. The molecule has 0 amide bonds. The van der Waals surface area contributed by atoms with Gasteiger partial charge < -0.3 is 9.26 Å². The van der Waals surface area contributed by atoms with Gasteiger partial charge in [0.1, 0.15) is 5.76 Å². The van der Waals surface area contributed by atoms with Crippen LogP contribution in [0.2, 0.25) is 0 Å². The fourth-order valence-electron chi connectivity index (χ4n) is 2.36. The predicted molar refractivity (Wildman–Crippen MR) is 77.0 cm³/mol. The Morgan fingerprint density at radius 1 is 1.40 bits per heavy atom. The van der Waals surface area contributed by atoms with Gasteiger partial charge in [0.2, 0.25) is 0 Å². The lowest BCUT2D eigenvalue weighted by Gasteiger charge is -2.12. The highest BCUT2D eigenvalue weighted by molar-refractivity contribution is 7.81. The van der Waals surface area contributed by atoms with Crippen molar-refractivity contribution in [1.29, 1.82) is 0 Å². The topological polar surface area (TPSA) is 35.3 Å². The molecule has 2 aromatic rings. The zero-order valence-corrected chi connectivity index (χ0v) is 12.1. The van der Waals surface area contributed by atoms with Crippen LogP contribution in [-0.4, -0.2) is 17.1 Å². The Morgan fingerprint density at radius 2 is 2.15 bits per heavy atom. The van der Waals surface area contributed by atoms with E-state index in [1.54, 1.807) is 19.2 Å². The van der Waals surface area contributed by atoms with E-state index in [4.69, 9.17) is 21.5 Å². The molecular formula is C15H14FNO2S. The van der Waals surface area contributed by atoms with Gasteiger partial charge in [-0.15, -0.1) is 0 Å². The molecular weight excluding hydrogens is 277 g/mol. The van der Waals surface area contributed by atoms with E-state index < -0.39 is 0 Å². The van der Waals surface area contributed by atoms with E-state index in [2.05, 4.69) is 5.16 Å². The number of nitrogens with zero attached hydrogens (tertiary/aromatic N) is 1. The molecule has 1 aliphatic carbocycles. The predicted octanol–water partition coefficient (Wildman–Crippen LogP) is 3.77. The van der Waals surface area contributed by atoms with Crippen LogP contribution in [-0.2, 0) is 0 Å². The maximum Gasteiger partial charge on any atom is 0.165 e. The second-order valence-corrected chi connectivity index (χ2v) is 5.37. The summed E-state index contributed by atoms with van der Waals surface area (Å²) >= 11 is 5.54. The highest BCUT2D eigenvalue weighted by Gasteiger charge is 2.32. The van der Waals surface area contributed by atoms with Crippen molar-refractivity contribution >= 4 is 17.1 Å². The molecule has 1 aliphatic rings. The van der Waals surface area contributed by atoms with Crippen LogP contribution in [0.5, 0.6) is 5.75 Å². The van der Waals surface area contributed by atoms with Crippen molar-refractivity contribution in [3.63, 3.8) is 0 Å². The number of thiocarbonyl (C=S) groups is 1. The molecule has 5 heteroatoms. The Bertz CT molecular complexity index is 677. The second-order valence-electron chi connectivity index (χ2n) is 4.96. The minimum absolute atomic E-state index is 0.231. The fourth-order valence-corrected chi connectivity index (χ4v) is 2.73. The molecule has 0 N–H and O–H groups in total. The molecule has 3 rings (SSSR count). The number of rotatable bonds is 4. The number of halogens is 1. The van der Waals surface area contributed by atoms with Crippen LogP contribution in [0, 0.1) is 12.7 Å². The number of hydrogen-bond acceptors (Lipinski definition) is 4. The molecule has 0 aliphatic heterocycles. The Labute approximate surface area is 121 Å². The average Bonchev–Trinajstić information content (AvgIpc) is 3.16. The SMILES string of the molecule is COc1c(F)ccc(C(=S)c2cnoc2C2CC2)c1C. The zero-order valence-electron chi connectivity index (χ0n) is 11.3. The summed E-state index contributed by atoms with van der Waals surface area (Å²) in [7, 11) is 1.45. The molecule has 1 saturated carbocycles. The molecule has 0 atom stereocenters. The Morgan fingerprint density at radius 3 is 2.80 bits per heavy atom. The molecule has 3 nitrogen and oxygen atoms in total. The van der Waals surface area contributed by atoms with E-state index in [0.717, 1.165) is 29.7 Å². The third-order valence-electron chi connectivity index (χ3n) is 3.60. The first-order valence-electron chi connectivity index (χ1n) is 6.45. The first-order valence-corrected chi connectivity index (χ1v) is 6.86. The summed E-state index contributed by atoms with van der Waals surface area (Å²) in [5.41, 5.74) is 2.31. The van der Waals surface area contributed by atoms with Gasteiger partial charge in [-0.2, -0.15) is 0 Å². The lowest BCUT2D eigenvalue weighted by atomic mass is 9.99. The summed E-state index contributed by atoms with van der Waals surface area (Å²) in [6.45, 7) is 1.80. The average molecular weight is 291 g/mol. The summed E-state index contributed by atoms with van der Waals surface area (Å²) in [6.07, 6.45) is 3.86. The lowest BCUT2D eigenvalue weighted by Crippen LogP contribution is -2.06. The first kappa shape index (κ1) is 13.2. The quantitative estimate of drug-likeness (QED) is 0.634. The highest BCUT2D eigenvalue weighted by atomic mass is 32.1. The molecule has 0 unspecified atom stereocenters. The Hall–Kier alpha value is -1.75.